The zero-order valence-electron chi connectivity index (χ0n) is 9.12. The third-order valence-corrected chi connectivity index (χ3v) is 3.39. The molecule has 1 N–H and O–H groups in total. The van der Waals surface area contributed by atoms with Gasteiger partial charge in [-0.05, 0) is 48.6 Å². The van der Waals surface area contributed by atoms with Crippen LogP contribution in [0.5, 0.6) is 0 Å². The summed E-state index contributed by atoms with van der Waals surface area (Å²) in [5.74, 6) is 2.18. The van der Waals surface area contributed by atoms with Gasteiger partial charge in [0.1, 0.15) is 5.82 Å². The van der Waals surface area contributed by atoms with Crippen molar-refractivity contribution in [2.75, 3.05) is 11.9 Å². The van der Waals surface area contributed by atoms with E-state index >= 15 is 0 Å². The van der Waals surface area contributed by atoms with Crippen LogP contribution < -0.4 is 5.32 Å². The Labute approximate surface area is 108 Å². The predicted molar refractivity (Wildman–Crippen MR) is 71.4 cm³/mol. The molecule has 0 unspecified atom stereocenters. The molecule has 0 spiro atoms. The molecule has 4 nitrogen and oxygen atoms in total. The zero-order valence-corrected chi connectivity index (χ0v) is 11.3. The maximum absolute atomic E-state index is 5.29. The van der Waals surface area contributed by atoms with Crippen LogP contribution in [0.3, 0.4) is 0 Å². The quantitative estimate of drug-likeness (QED) is 0.880. The first-order valence-corrected chi connectivity index (χ1v) is 6.12. The van der Waals surface area contributed by atoms with E-state index in [9.17, 15) is 0 Å². The number of aromatic nitrogens is 2. The largest absolute Gasteiger partial charge is 0.461 e. The van der Waals surface area contributed by atoms with Crippen molar-refractivity contribution in [1.82, 2.24) is 9.97 Å². The second-order valence-corrected chi connectivity index (χ2v) is 4.38. The number of hydrogen-bond donors (Lipinski definition) is 1. The van der Waals surface area contributed by atoms with E-state index in [1.807, 2.05) is 26.0 Å². The number of hydrogen-bond acceptors (Lipinski definition) is 4. The van der Waals surface area contributed by atoms with Gasteiger partial charge in [-0.25, -0.2) is 9.97 Å². The summed E-state index contributed by atoms with van der Waals surface area (Å²) >= 11 is 2.24. The number of nitrogens with one attached hydrogen (secondary N) is 1. The van der Waals surface area contributed by atoms with Crippen molar-refractivity contribution >= 4 is 28.4 Å². The third-order valence-electron chi connectivity index (χ3n) is 2.10. The molecule has 0 aliphatic heterocycles. The van der Waals surface area contributed by atoms with Gasteiger partial charge in [-0.2, -0.15) is 0 Å². The van der Waals surface area contributed by atoms with Crippen LogP contribution in [0.25, 0.3) is 11.6 Å². The second kappa shape index (κ2) is 4.82. The summed E-state index contributed by atoms with van der Waals surface area (Å²) in [6.45, 7) is 4.85. The lowest BCUT2D eigenvalue weighted by atomic mass is 10.3. The molecule has 0 bridgehead atoms. The Kier molecular flexibility index (Phi) is 3.42. The monoisotopic (exact) mass is 329 g/mol. The first kappa shape index (κ1) is 11.4. The van der Waals surface area contributed by atoms with E-state index in [-0.39, 0.29) is 0 Å². The number of halogens is 1. The Morgan fingerprint density at radius 3 is 2.88 bits per heavy atom. The topological polar surface area (TPSA) is 51.0 Å². The van der Waals surface area contributed by atoms with Gasteiger partial charge in [-0.1, -0.05) is 0 Å². The van der Waals surface area contributed by atoms with Gasteiger partial charge in [-0.3, -0.25) is 0 Å². The average molecular weight is 329 g/mol. The molecule has 0 saturated carbocycles. The Morgan fingerprint density at radius 2 is 2.25 bits per heavy atom. The van der Waals surface area contributed by atoms with E-state index in [4.69, 9.17) is 4.42 Å². The van der Waals surface area contributed by atoms with Gasteiger partial charge >= 0.3 is 0 Å². The lowest BCUT2D eigenvalue weighted by Crippen LogP contribution is -2.05. The fraction of sp³-hybridized carbons (Fsp3) is 0.273. The molecule has 2 aromatic heterocycles. The number of nitrogens with zero attached hydrogens (tertiary/aromatic N) is 2. The van der Waals surface area contributed by atoms with E-state index in [1.54, 1.807) is 6.26 Å². The minimum Gasteiger partial charge on any atom is -0.461 e. The van der Waals surface area contributed by atoms with E-state index < -0.39 is 0 Å². The Morgan fingerprint density at radius 1 is 1.44 bits per heavy atom. The second-order valence-electron chi connectivity index (χ2n) is 3.30. The average Bonchev–Trinajstić information content (AvgIpc) is 2.78. The third kappa shape index (κ3) is 2.18. The molecule has 0 aliphatic carbocycles. The van der Waals surface area contributed by atoms with Crippen molar-refractivity contribution in [3.05, 3.63) is 27.7 Å². The highest BCUT2D eigenvalue weighted by atomic mass is 127. The summed E-state index contributed by atoms with van der Waals surface area (Å²) < 4.78 is 6.34. The molecule has 2 rings (SSSR count). The molecule has 0 saturated heterocycles. The molecule has 2 heterocycles. The molecule has 84 valence electrons. The fourth-order valence-corrected chi connectivity index (χ4v) is 1.79. The van der Waals surface area contributed by atoms with Crippen LogP contribution in [0.15, 0.2) is 22.8 Å². The highest BCUT2D eigenvalue weighted by molar-refractivity contribution is 14.1. The molecule has 0 aromatic carbocycles. The molecule has 0 atom stereocenters. The zero-order chi connectivity index (χ0) is 11.5. The van der Waals surface area contributed by atoms with Crippen LogP contribution >= 0.6 is 22.6 Å². The maximum Gasteiger partial charge on any atom is 0.197 e. The lowest BCUT2D eigenvalue weighted by molar-refractivity contribution is 0.577. The van der Waals surface area contributed by atoms with Crippen LogP contribution in [-0.2, 0) is 0 Å². The van der Waals surface area contributed by atoms with Gasteiger partial charge in [0.15, 0.2) is 11.6 Å². The number of aryl methyl sites for hydroxylation is 1. The Hall–Kier alpha value is -1.11. The molecule has 5 heteroatoms. The van der Waals surface area contributed by atoms with Gasteiger partial charge < -0.3 is 9.73 Å². The summed E-state index contributed by atoms with van der Waals surface area (Å²) in [7, 11) is 0. The number of furan rings is 1. The van der Waals surface area contributed by atoms with Crippen LogP contribution in [0.4, 0.5) is 5.82 Å². The minimum absolute atomic E-state index is 0.624. The highest BCUT2D eigenvalue weighted by Crippen LogP contribution is 2.23. The van der Waals surface area contributed by atoms with Crippen molar-refractivity contribution in [1.29, 1.82) is 0 Å². The van der Waals surface area contributed by atoms with Gasteiger partial charge in [-0.15, -0.1) is 0 Å². The van der Waals surface area contributed by atoms with Crippen LogP contribution in [0.1, 0.15) is 12.6 Å². The van der Waals surface area contributed by atoms with E-state index in [0.29, 0.717) is 11.6 Å². The van der Waals surface area contributed by atoms with Crippen molar-refractivity contribution in [2.45, 2.75) is 13.8 Å². The Bertz CT molecular complexity index is 482. The maximum atomic E-state index is 5.29. The standard InChI is InChI=1S/C11H12IN3O/c1-3-13-11-9(12)7(2)14-10(15-11)8-5-4-6-16-8/h4-6H,3H2,1-2H3,(H,13,14,15). The molecule has 0 aliphatic rings. The predicted octanol–water partition coefficient (Wildman–Crippen LogP) is 3.08. The number of rotatable bonds is 3. The summed E-state index contributed by atoms with van der Waals surface area (Å²) in [5, 5.41) is 3.22. The number of anilines is 1. The van der Waals surface area contributed by atoms with Crippen LogP contribution in [0.2, 0.25) is 0 Å². The summed E-state index contributed by atoms with van der Waals surface area (Å²) in [5.41, 5.74) is 0.956. The SMILES string of the molecule is CCNc1nc(-c2ccco2)nc(C)c1I. The summed E-state index contributed by atoms with van der Waals surface area (Å²) in [6.07, 6.45) is 1.62. The fourth-order valence-electron chi connectivity index (χ4n) is 1.36. The van der Waals surface area contributed by atoms with Gasteiger partial charge in [0.2, 0.25) is 0 Å². The molecule has 0 radical (unpaired) electrons. The van der Waals surface area contributed by atoms with Gasteiger partial charge in [0, 0.05) is 6.54 Å². The molecule has 0 amide bonds. The van der Waals surface area contributed by atoms with Crippen LogP contribution in [0, 0.1) is 10.5 Å². The van der Waals surface area contributed by atoms with Gasteiger partial charge in [0.25, 0.3) is 0 Å². The Balaban J connectivity index is 2.48. The van der Waals surface area contributed by atoms with Crippen molar-refractivity contribution in [3.63, 3.8) is 0 Å². The first-order chi connectivity index (χ1) is 7.72. The summed E-state index contributed by atoms with van der Waals surface area (Å²) in [6, 6.07) is 3.69. The lowest BCUT2D eigenvalue weighted by Gasteiger charge is -2.08. The van der Waals surface area contributed by atoms with Crippen LogP contribution in [-0.4, -0.2) is 16.5 Å². The molecule has 16 heavy (non-hydrogen) atoms. The molecular formula is C11H12IN3O. The normalized spacial score (nSPS) is 10.4. The van der Waals surface area contributed by atoms with E-state index in [0.717, 1.165) is 21.6 Å². The first-order valence-electron chi connectivity index (χ1n) is 5.04. The van der Waals surface area contributed by atoms with E-state index in [2.05, 4.69) is 37.9 Å². The van der Waals surface area contributed by atoms with E-state index in [1.165, 1.54) is 0 Å². The van der Waals surface area contributed by atoms with Crippen molar-refractivity contribution < 1.29 is 4.42 Å². The van der Waals surface area contributed by atoms with Crippen molar-refractivity contribution in [2.24, 2.45) is 0 Å². The molecular weight excluding hydrogens is 317 g/mol. The molecule has 2 aromatic rings. The molecule has 0 fully saturated rings. The smallest absolute Gasteiger partial charge is 0.197 e. The van der Waals surface area contributed by atoms with Gasteiger partial charge in [0.05, 0.1) is 15.5 Å². The summed E-state index contributed by atoms with van der Waals surface area (Å²) in [4.78, 5) is 8.85. The highest BCUT2D eigenvalue weighted by Gasteiger charge is 2.11. The van der Waals surface area contributed by atoms with Crippen molar-refractivity contribution in [3.8, 4) is 11.6 Å². The minimum atomic E-state index is 0.624.